The summed E-state index contributed by atoms with van der Waals surface area (Å²) in [6.07, 6.45) is 0. The van der Waals surface area contributed by atoms with E-state index in [9.17, 15) is 13.6 Å². The number of Topliss-reactive ketones (excluding diaryl/α,β-unsaturated/α-hetero) is 1. The molecule has 0 aliphatic rings. The van der Waals surface area contributed by atoms with Gasteiger partial charge < -0.3 is 4.74 Å². The number of ether oxygens (including phenoxy) is 1. The van der Waals surface area contributed by atoms with Crippen molar-refractivity contribution in [3.05, 3.63) is 54.1 Å². The Kier molecular flexibility index (Phi) is 3.90. The van der Waals surface area contributed by atoms with Crippen LogP contribution in [-0.2, 0) is 0 Å². The molecule has 98 valence electrons. The van der Waals surface area contributed by atoms with E-state index in [-0.39, 0.29) is 11.5 Å². The molecule has 2 nitrogen and oxygen atoms in total. The van der Waals surface area contributed by atoms with Crippen molar-refractivity contribution in [2.45, 2.75) is 13.5 Å². The van der Waals surface area contributed by atoms with Crippen LogP contribution in [0.15, 0.2) is 48.5 Å². The van der Waals surface area contributed by atoms with E-state index in [2.05, 4.69) is 4.74 Å². The average Bonchev–Trinajstić information content (AvgIpc) is 2.39. The van der Waals surface area contributed by atoms with Crippen molar-refractivity contribution in [2.75, 3.05) is 0 Å². The predicted molar refractivity (Wildman–Crippen MR) is 68.5 cm³/mol. The Balaban J connectivity index is 2.19. The van der Waals surface area contributed by atoms with Crippen molar-refractivity contribution in [3.8, 4) is 16.9 Å². The zero-order valence-electron chi connectivity index (χ0n) is 10.3. The highest BCUT2D eigenvalue weighted by Gasteiger charge is 2.05. The van der Waals surface area contributed by atoms with Crippen molar-refractivity contribution in [1.29, 1.82) is 0 Å². The van der Waals surface area contributed by atoms with Crippen molar-refractivity contribution >= 4 is 5.78 Å². The monoisotopic (exact) mass is 262 g/mol. The van der Waals surface area contributed by atoms with Gasteiger partial charge in [0.15, 0.2) is 5.78 Å². The van der Waals surface area contributed by atoms with Crippen LogP contribution in [0, 0.1) is 0 Å². The molecule has 2 aromatic rings. The number of alkyl halides is 2. The van der Waals surface area contributed by atoms with Gasteiger partial charge in [-0.25, -0.2) is 0 Å². The van der Waals surface area contributed by atoms with E-state index in [1.165, 1.54) is 19.1 Å². The highest BCUT2D eigenvalue weighted by Crippen LogP contribution is 2.23. The highest BCUT2D eigenvalue weighted by atomic mass is 19.3. The summed E-state index contributed by atoms with van der Waals surface area (Å²) in [6.45, 7) is -1.31. The molecule has 0 aliphatic heterocycles. The highest BCUT2D eigenvalue weighted by molar-refractivity contribution is 5.94. The second-order valence-electron chi connectivity index (χ2n) is 4.04. The van der Waals surface area contributed by atoms with Crippen LogP contribution in [0.25, 0.3) is 11.1 Å². The number of ketones is 1. The predicted octanol–water partition coefficient (Wildman–Crippen LogP) is 4.16. The van der Waals surface area contributed by atoms with Crippen molar-refractivity contribution in [1.82, 2.24) is 0 Å². The molecule has 0 aromatic heterocycles. The summed E-state index contributed by atoms with van der Waals surface area (Å²) < 4.78 is 28.3. The van der Waals surface area contributed by atoms with E-state index < -0.39 is 6.61 Å². The minimum Gasteiger partial charge on any atom is -0.435 e. The maximum absolute atomic E-state index is 12.0. The first-order valence-electron chi connectivity index (χ1n) is 5.72. The zero-order chi connectivity index (χ0) is 13.8. The lowest BCUT2D eigenvalue weighted by molar-refractivity contribution is -0.0498. The van der Waals surface area contributed by atoms with Gasteiger partial charge >= 0.3 is 6.61 Å². The summed E-state index contributed by atoms with van der Waals surface area (Å²) in [5, 5.41) is 0. The maximum atomic E-state index is 12.0. The van der Waals surface area contributed by atoms with Gasteiger partial charge in [0.05, 0.1) is 0 Å². The van der Waals surface area contributed by atoms with Crippen LogP contribution in [0.2, 0.25) is 0 Å². The lowest BCUT2D eigenvalue weighted by atomic mass is 10.0. The Morgan fingerprint density at radius 3 is 1.84 bits per heavy atom. The summed E-state index contributed by atoms with van der Waals surface area (Å²) in [5.41, 5.74) is 2.42. The topological polar surface area (TPSA) is 26.3 Å². The standard InChI is InChI=1S/C15H12F2O2/c1-10(18)11-2-4-12(5-3-11)13-6-8-14(9-7-13)19-15(16)17/h2-9,15H,1H3. The fourth-order valence-corrected chi connectivity index (χ4v) is 1.73. The number of rotatable bonds is 4. The quantitative estimate of drug-likeness (QED) is 0.773. The summed E-state index contributed by atoms with van der Waals surface area (Å²) in [4.78, 5) is 11.2. The molecule has 0 fully saturated rings. The molecule has 0 N–H and O–H groups in total. The first-order valence-corrected chi connectivity index (χ1v) is 5.72. The fourth-order valence-electron chi connectivity index (χ4n) is 1.73. The Morgan fingerprint density at radius 1 is 0.947 bits per heavy atom. The molecular formula is C15H12F2O2. The fraction of sp³-hybridized carbons (Fsp3) is 0.133. The molecule has 0 unspecified atom stereocenters. The summed E-state index contributed by atoms with van der Waals surface area (Å²) in [7, 11) is 0. The Hall–Kier alpha value is -2.23. The van der Waals surface area contributed by atoms with E-state index in [1.807, 2.05) is 12.1 Å². The number of benzene rings is 2. The maximum Gasteiger partial charge on any atom is 0.387 e. The number of halogens is 2. The van der Waals surface area contributed by atoms with Gasteiger partial charge in [-0.15, -0.1) is 0 Å². The molecule has 2 rings (SSSR count). The normalized spacial score (nSPS) is 10.5. The van der Waals surface area contributed by atoms with Gasteiger partial charge in [0.25, 0.3) is 0 Å². The third-order valence-corrected chi connectivity index (χ3v) is 2.70. The van der Waals surface area contributed by atoms with E-state index >= 15 is 0 Å². The number of hydrogen-bond acceptors (Lipinski definition) is 2. The van der Waals surface area contributed by atoms with Crippen LogP contribution in [0.1, 0.15) is 17.3 Å². The molecule has 0 heterocycles. The molecule has 0 atom stereocenters. The van der Waals surface area contributed by atoms with Crippen molar-refractivity contribution in [3.63, 3.8) is 0 Å². The van der Waals surface area contributed by atoms with Crippen LogP contribution in [-0.4, -0.2) is 12.4 Å². The first-order chi connectivity index (χ1) is 9.06. The minimum atomic E-state index is -2.82. The molecule has 0 radical (unpaired) electrons. The van der Waals surface area contributed by atoms with Gasteiger partial charge in [-0.05, 0) is 30.2 Å². The van der Waals surface area contributed by atoms with Gasteiger partial charge in [-0.3, -0.25) is 4.79 Å². The first kappa shape index (κ1) is 13.2. The largest absolute Gasteiger partial charge is 0.435 e. The molecule has 0 saturated carbocycles. The molecule has 0 spiro atoms. The minimum absolute atomic E-state index is 0.00670. The van der Waals surface area contributed by atoms with Crippen LogP contribution >= 0.6 is 0 Å². The van der Waals surface area contributed by atoms with Gasteiger partial charge in [0.2, 0.25) is 0 Å². The summed E-state index contributed by atoms with van der Waals surface area (Å²) in [5.74, 6) is 0.131. The van der Waals surface area contributed by atoms with Crippen LogP contribution < -0.4 is 4.74 Å². The summed E-state index contributed by atoms with van der Waals surface area (Å²) in [6, 6.07) is 13.5. The Bertz CT molecular complexity index is 560. The zero-order valence-corrected chi connectivity index (χ0v) is 10.3. The Morgan fingerprint density at radius 2 is 1.42 bits per heavy atom. The van der Waals surface area contributed by atoms with Gasteiger partial charge in [0.1, 0.15) is 5.75 Å². The third kappa shape index (κ3) is 3.37. The summed E-state index contributed by atoms with van der Waals surface area (Å²) >= 11 is 0. The third-order valence-electron chi connectivity index (χ3n) is 2.70. The van der Waals surface area contributed by atoms with Crippen LogP contribution in [0.4, 0.5) is 8.78 Å². The van der Waals surface area contributed by atoms with E-state index in [1.54, 1.807) is 24.3 Å². The van der Waals surface area contributed by atoms with Gasteiger partial charge in [-0.2, -0.15) is 8.78 Å². The molecule has 19 heavy (non-hydrogen) atoms. The molecular weight excluding hydrogens is 250 g/mol. The number of hydrogen-bond donors (Lipinski definition) is 0. The average molecular weight is 262 g/mol. The molecule has 0 saturated heterocycles. The second kappa shape index (κ2) is 5.61. The van der Waals surface area contributed by atoms with E-state index in [4.69, 9.17) is 0 Å². The number of carbonyl (C=O) groups excluding carboxylic acids is 1. The van der Waals surface area contributed by atoms with Gasteiger partial charge in [-0.1, -0.05) is 36.4 Å². The number of carbonyl (C=O) groups is 1. The van der Waals surface area contributed by atoms with Crippen LogP contribution in [0.3, 0.4) is 0 Å². The van der Waals surface area contributed by atoms with Crippen LogP contribution in [0.5, 0.6) is 5.75 Å². The SMILES string of the molecule is CC(=O)c1ccc(-c2ccc(OC(F)F)cc2)cc1. The smallest absolute Gasteiger partial charge is 0.387 e. The molecule has 2 aromatic carbocycles. The van der Waals surface area contributed by atoms with Crippen molar-refractivity contribution in [2.24, 2.45) is 0 Å². The van der Waals surface area contributed by atoms with E-state index in [0.29, 0.717) is 5.56 Å². The molecule has 4 heteroatoms. The van der Waals surface area contributed by atoms with Gasteiger partial charge in [0, 0.05) is 5.56 Å². The molecule has 0 bridgehead atoms. The van der Waals surface area contributed by atoms with Crippen molar-refractivity contribution < 1.29 is 18.3 Å². The lowest BCUT2D eigenvalue weighted by Crippen LogP contribution is -2.01. The van der Waals surface area contributed by atoms with E-state index in [0.717, 1.165) is 11.1 Å². The molecule has 0 amide bonds. The molecule has 0 aliphatic carbocycles. The lowest BCUT2D eigenvalue weighted by Gasteiger charge is -2.06. The second-order valence-corrected chi connectivity index (χ2v) is 4.04. The Labute approximate surface area is 109 Å².